The molecule has 2 aliphatic heterocycles. The van der Waals surface area contributed by atoms with E-state index in [1.54, 1.807) is 0 Å². The van der Waals surface area contributed by atoms with E-state index in [1.165, 1.54) is 0 Å². The van der Waals surface area contributed by atoms with Gasteiger partial charge in [0.1, 0.15) is 17.0 Å². The molecule has 0 saturated carbocycles. The zero-order valence-electron chi connectivity index (χ0n) is 12.4. The van der Waals surface area contributed by atoms with Crippen LogP contribution in [0.4, 0.5) is 0 Å². The molecule has 3 aliphatic rings. The molecule has 1 aromatic carbocycles. The number of hydrogen-bond donors (Lipinski definition) is 1. The lowest BCUT2D eigenvalue weighted by atomic mass is 9.79. The molecule has 2 heterocycles. The van der Waals surface area contributed by atoms with E-state index in [1.807, 2.05) is 30.0 Å². The van der Waals surface area contributed by atoms with Crippen LogP contribution in [0, 0.1) is 0 Å². The number of thioether (sulfide) groups is 1. The maximum Gasteiger partial charge on any atom is 0.133 e. The quantitative estimate of drug-likeness (QED) is 0.673. The molecule has 1 atom stereocenters. The van der Waals surface area contributed by atoms with Crippen molar-refractivity contribution in [2.75, 3.05) is 11.5 Å². The third kappa shape index (κ3) is 2.63. The average Bonchev–Trinajstić information content (AvgIpc) is 2.72. The first-order valence-corrected chi connectivity index (χ1v) is 9.90. The summed E-state index contributed by atoms with van der Waals surface area (Å²) in [6, 6.07) is 6.10. The van der Waals surface area contributed by atoms with Gasteiger partial charge in [0.05, 0.1) is 5.84 Å². The Morgan fingerprint density at radius 2 is 2.17 bits per heavy atom. The van der Waals surface area contributed by atoms with Crippen LogP contribution in [-0.4, -0.2) is 17.3 Å². The van der Waals surface area contributed by atoms with Crippen molar-refractivity contribution in [2.45, 2.75) is 24.8 Å². The second-order valence-electron chi connectivity index (χ2n) is 5.94. The van der Waals surface area contributed by atoms with Crippen LogP contribution in [-0.2, 0) is 5.54 Å². The van der Waals surface area contributed by atoms with Crippen LogP contribution < -0.4 is 10.5 Å². The minimum absolute atomic E-state index is 0.501. The third-order valence-corrected chi connectivity index (χ3v) is 6.31. The van der Waals surface area contributed by atoms with Crippen molar-refractivity contribution >= 4 is 45.1 Å². The smallest absolute Gasteiger partial charge is 0.133 e. The fourth-order valence-corrected chi connectivity index (χ4v) is 5.06. The molecule has 1 unspecified atom stereocenters. The molecule has 3 nitrogen and oxygen atoms in total. The van der Waals surface area contributed by atoms with E-state index in [0.29, 0.717) is 5.84 Å². The summed E-state index contributed by atoms with van der Waals surface area (Å²) in [7, 11) is 0. The van der Waals surface area contributed by atoms with E-state index < -0.39 is 5.54 Å². The van der Waals surface area contributed by atoms with Crippen molar-refractivity contribution in [1.29, 1.82) is 0 Å². The van der Waals surface area contributed by atoms with Crippen LogP contribution in [0.2, 0.25) is 0 Å². The summed E-state index contributed by atoms with van der Waals surface area (Å²) in [5.74, 6) is 4.38. The van der Waals surface area contributed by atoms with Gasteiger partial charge in [-0.1, -0.05) is 27.5 Å². The molecular formula is C17H16BrClN2OS. The van der Waals surface area contributed by atoms with Crippen molar-refractivity contribution in [3.63, 3.8) is 0 Å². The fourth-order valence-electron chi connectivity index (χ4n) is 3.33. The topological polar surface area (TPSA) is 47.6 Å². The van der Waals surface area contributed by atoms with Crippen molar-refractivity contribution in [3.8, 4) is 5.75 Å². The number of benzene rings is 1. The standard InChI is InChI=1S/C17H16BrClN2OS/c18-10-1-3-14-12(7-10)17(9-23-6-5-16(20)21-17)13-8-11(19)2-4-15(13)22-14/h1,3,7-8H,2,4-6,9H2,(H2,20,21). The summed E-state index contributed by atoms with van der Waals surface area (Å²) in [5.41, 5.74) is 7.83. The maximum atomic E-state index is 6.35. The van der Waals surface area contributed by atoms with Crippen LogP contribution in [0.5, 0.6) is 5.75 Å². The van der Waals surface area contributed by atoms with Crippen molar-refractivity contribution in [1.82, 2.24) is 0 Å². The summed E-state index contributed by atoms with van der Waals surface area (Å²) in [4.78, 5) is 4.98. The zero-order chi connectivity index (χ0) is 16.0. The first kappa shape index (κ1) is 15.6. The predicted octanol–water partition coefficient (Wildman–Crippen LogP) is 4.70. The van der Waals surface area contributed by atoms with Gasteiger partial charge in [0.2, 0.25) is 0 Å². The fraction of sp³-hybridized carbons (Fsp3) is 0.353. The Balaban J connectivity index is 2.00. The van der Waals surface area contributed by atoms with Crippen LogP contribution in [0.25, 0.3) is 0 Å². The number of amidine groups is 1. The Kier molecular flexibility index (Phi) is 3.98. The van der Waals surface area contributed by atoms with Gasteiger partial charge in [0.25, 0.3) is 0 Å². The number of nitrogens with zero attached hydrogens (tertiary/aromatic N) is 1. The van der Waals surface area contributed by atoms with Crippen LogP contribution >= 0.6 is 39.3 Å². The summed E-state index contributed by atoms with van der Waals surface area (Å²) in [6.07, 6.45) is 4.47. The lowest BCUT2D eigenvalue weighted by Crippen LogP contribution is -2.36. The molecule has 0 amide bonds. The Bertz CT molecular complexity index is 774. The Morgan fingerprint density at radius 3 is 3.04 bits per heavy atom. The van der Waals surface area contributed by atoms with Gasteiger partial charge >= 0.3 is 0 Å². The van der Waals surface area contributed by atoms with Gasteiger partial charge in [-0.25, -0.2) is 0 Å². The number of aliphatic imine (C=N–C) groups is 1. The third-order valence-electron chi connectivity index (χ3n) is 4.41. The summed E-state index contributed by atoms with van der Waals surface area (Å²) in [5, 5.41) is 0.855. The first-order valence-electron chi connectivity index (χ1n) is 7.58. The molecule has 0 radical (unpaired) electrons. The van der Waals surface area contributed by atoms with Gasteiger partial charge in [0, 0.05) is 45.0 Å². The van der Waals surface area contributed by atoms with E-state index in [0.717, 1.165) is 62.9 Å². The average molecular weight is 412 g/mol. The molecule has 6 heteroatoms. The van der Waals surface area contributed by atoms with Gasteiger partial charge in [-0.05, 0) is 30.7 Å². The Morgan fingerprint density at radius 1 is 1.30 bits per heavy atom. The summed E-state index contributed by atoms with van der Waals surface area (Å²) < 4.78 is 7.19. The minimum Gasteiger partial charge on any atom is -0.461 e. The highest BCUT2D eigenvalue weighted by Crippen LogP contribution is 2.51. The minimum atomic E-state index is -0.501. The number of allylic oxidation sites excluding steroid dienone is 2. The molecule has 1 spiro atoms. The second kappa shape index (κ2) is 5.87. The lowest BCUT2D eigenvalue weighted by molar-refractivity contribution is 0.348. The van der Waals surface area contributed by atoms with Crippen molar-refractivity contribution in [2.24, 2.45) is 10.7 Å². The molecule has 0 bridgehead atoms. The van der Waals surface area contributed by atoms with Gasteiger partial charge < -0.3 is 10.5 Å². The highest BCUT2D eigenvalue weighted by atomic mass is 79.9. The van der Waals surface area contributed by atoms with E-state index in [4.69, 9.17) is 27.1 Å². The maximum absolute atomic E-state index is 6.35. The summed E-state index contributed by atoms with van der Waals surface area (Å²) in [6.45, 7) is 0. The van der Waals surface area contributed by atoms with Crippen LogP contribution in [0.1, 0.15) is 24.8 Å². The van der Waals surface area contributed by atoms with E-state index in [2.05, 4.69) is 22.0 Å². The molecule has 0 fully saturated rings. The summed E-state index contributed by atoms with van der Waals surface area (Å²) >= 11 is 11.8. The second-order valence-corrected chi connectivity index (χ2v) is 8.44. The lowest BCUT2D eigenvalue weighted by Gasteiger charge is -2.39. The number of ether oxygens (including phenoxy) is 1. The normalized spacial score (nSPS) is 26.7. The molecular weight excluding hydrogens is 396 g/mol. The van der Waals surface area contributed by atoms with Gasteiger partial charge in [-0.2, -0.15) is 11.8 Å². The van der Waals surface area contributed by atoms with E-state index in [9.17, 15) is 0 Å². The number of fused-ring (bicyclic) bond motifs is 3. The van der Waals surface area contributed by atoms with Gasteiger partial charge in [-0.15, -0.1) is 0 Å². The molecule has 0 aromatic heterocycles. The largest absolute Gasteiger partial charge is 0.461 e. The van der Waals surface area contributed by atoms with Crippen LogP contribution in [0.3, 0.4) is 0 Å². The zero-order valence-corrected chi connectivity index (χ0v) is 15.6. The molecule has 2 N–H and O–H groups in total. The monoisotopic (exact) mass is 410 g/mol. The molecule has 0 saturated heterocycles. The van der Waals surface area contributed by atoms with Gasteiger partial charge in [-0.3, -0.25) is 4.99 Å². The highest BCUT2D eigenvalue weighted by molar-refractivity contribution is 9.10. The van der Waals surface area contributed by atoms with Crippen molar-refractivity contribution in [3.05, 3.63) is 50.7 Å². The number of hydrogen-bond acceptors (Lipinski definition) is 4. The molecule has 23 heavy (non-hydrogen) atoms. The molecule has 120 valence electrons. The molecule has 1 aliphatic carbocycles. The first-order chi connectivity index (χ1) is 11.1. The number of halogens is 2. The Hall–Kier alpha value is -0.910. The van der Waals surface area contributed by atoms with E-state index in [-0.39, 0.29) is 0 Å². The number of nitrogens with two attached hydrogens (primary N) is 1. The molecule has 4 rings (SSSR count). The highest BCUT2D eigenvalue weighted by Gasteiger charge is 2.45. The van der Waals surface area contributed by atoms with Crippen molar-refractivity contribution < 1.29 is 4.74 Å². The van der Waals surface area contributed by atoms with Crippen LogP contribution in [0.15, 0.2) is 50.1 Å². The number of rotatable bonds is 0. The Labute approximate surface area is 153 Å². The predicted molar refractivity (Wildman–Crippen MR) is 100 cm³/mol. The van der Waals surface area contributed by atoms with Gasteiger partial charge in [0.15, 0.2) is 0 Å². The SMILES string of the molecule is NC1=NC2(CSCC1)C1=C(CCC(Cl)=C1)Oc1ccc(Br)cc12. The molecule has 1 aromatic rings. The van der Waals surface area contributed by atoms with E-state index >= 15 is 0 Å².